The van der Waals surface area contributed by atoms with E-state index in [9.17, 15) is 9.59 Å². The Balaban J connectivity index is 1.99. The summed E-state index contributed by atoms with van der Waals surface area (Å²) in [7, 11) is 1.51. The summed E-state index contributed by atoms with van der Waals surface area (Å²) in [5.41, 5.74) is 2.80. The Labute approximate surface area is 177 Å². The van der Waals surface area contributed by atoms with E-state index in [1.165, 1.54) is 13.3 Å². The Bertz CT molecular complexity index is 888. The van der Waals surface area contributed by atoms with Crippen LogP contribution in [0.5, 0.6) is 17.2 Å². The Morgan fingerprint density at radius 3 is 2.54 bits per heavy atom. The predicted molar refractivity (Wildman–Crippen MR) is 109 cm³/mol. The molecule has 28 heavy (non-hydrogen) atoms. The van der Waals surface area contributed by atoms with Crippen LogP contribution in [-0.2, 0) is 9.59 Å². The number of hydrazone groups is 1. The number of nitrogens with zero attached hydrogens (tertiary/aromatic N) is 1. The molecule has 2 rings (SSSR count). The Kier molecular flexibility index (Phi) is 8.27. The third-order valence-electron chi connectivity index (χ3n) is 3.20. The van der Waals surface area contributed by atoms with Crippen molar-refractivity contribution in [1.29, 1.82) is 0 Å². The predicted octanol–water partition coefficient (Wildman–Crippen LogP) is 3.21. The van der Waals surface area contributed by atoms with Crippen LogP contribution in [0.3, 0.4) is 0 Å². The monoisotopic (exact) mass is 514 g/mol. The fourth-order valence-corrected chi connectivity index (χ4v) is 3.42. The maximum Gasteiger partial charge on any atom is 0.341 e. The van der Waals surface area contributed by atoms with Gasteiger partial charge in [0.05, 0.1) is 17.8 Å². The van der Waals surface area contributed by atoms with Gasteiger partial charge >= 0.3 is 5.97 Å². The van der Waals surface area contributed by atoms with Crippen molar-refractivity contribution in [3.05, 3.63) is 50.9 Å². The second kappa shape index (κ2) is 10.7. The van der Waals surface area contributed by atoms with Gasteiger partial charge in [-0.3, -0.25) is 4.79 Å². The lowest BCUT2D eigenvalue weighted by atomic mass is 10.2. The maximum absolute atomic E-state index is 11.9. The van der Waals surface area contributed by atoms with Gasteiger partial charge in [-0.05, 0) is 40.2 Å². The first kappa shape index (κ1) is 21.7. The van der Waals surface area contributed by atoms with Crippen molar-refractivity contribution >= 4 is 50.0 Å². The van der Waals surface area contributed by atoms with Gasteiger partial charge < -0.3 is 19.3 Å². The number of benzene rings is 2. The van der Waals surface area contributed by atoms with Gasteiger partial charge in [-0.25, -0.2) is 10.2 Å². The molecule has 10 heteroatoms. The number of nitrogens with one attached hydrogen (secondary N) is 1. The average Bonchev–Trinajstić information content (AvgIpc) is 2.65. The van der Waals surface area contributed by atoms with Gasteiger partial charge in [-0.2, -0.15) is 5.10 Å². The second-order valence-electron chi connectivity index (χ2n) is 5.22. The van der Waals surface area contributed by atoms with E-state index in [0.717, 1.165) is 0 Å². The fourth-order valence-electron chi connectivity index (χ4n) is 2.05. The van der Waals surface area contributed by atoms with E-state index in [1.807, 2.05) is 0 Å². The number of rotatable bonds is 9. The third-order valence-corrected chi connectivity index (χ3v) is 4.24. The lowest BCUT2D eigenvalue weighted by Crippen LogP contribution is -2.24. The lowest BCUT2D eigenvalue weighted by molar-refractivity contribution is -0.139. The summed E-state index contributed by atoms with van der Waals surface area (Å²) in [6.07, 6.45) is 1.34. The largest absolute Gasteiger partial charge is 0.493 e. The van der Waals surface area contributed by atoms with Crippen molar-refractivity contribution in [2.75, 3.05) is 20.3 Å². The normalized spacial score (nSPS) is 10.5. The average molecular weight is 516 g/mol. The highest BCUT2D eigenvalue weighted by atomic mass is 79.9. The zero-order valence-corrected chi connectivity index (χ0v) is 17.8. The molecule has 0 fully saturated rings. The topological polar surface area (TPSA) is 106 Å². The standard InChI is InChI=1S/C18H16Br2N2O6/c1-26-14-4-2-3-5-15(14)27-9-16(23)22-21-8-11-6-12(19)7-13(20)18(11)28-10-17(24)25/h2-8H,9-10H2,1H3,(H,22,23)(H,24,25). The number of hydrogen-bond acceptors (Lipinski definition) is 6. The van der Waals surface area contributed by atoms with Gasteiger partial charge in [0.25, 0.3) is 5.91 Å². The molecule has 0 atom stereocenters. The molecule has 2 aromatic rings. The van der Waals surface area contributed by atoms with E-state index in [0.29, 0.717) is 26.0 Å². The molecule has 0 bridgehead atoms. The Hall–Kier alpha value is -2.59. The maximum atomic E-state index is 11.9. The number of halogens is 2. The zero-order valence-electron chi connectivity index (χ0n) is 14.6. The summed E-state index contributed by atoms with van der Waals surface area (Å²) < 4.78 is 17.1. The van der Waals surface area contributed by atoms with Crippen molar-refractivity contribution in [1.82, 2.24) is 5.43 Å². The molecule has 0 aliphatic carbocycles. The molecule has 0 unspecified atom stereocenters. The van der Waals surface area contributed by atoms with E-state index in [4.69, 9.17) is 19.3 Å². The van der Waals surface area contributed by atoms with Gasteiger partial charge in [-0.15, -0.1) is 0 Å². The van der Waals surface area contributed by atoms with Crippen molar-refractivity contribution in [3.8, 4) is 17.2 Å². The number of aliphatic carboxylic acids is 1. The van der Waals surface area contributed by atoms with E-state index in [1.54, 1.807) is 36.4 Å². The molecule has 0 radical (unpaired) electrons. The fraction of sp³-hybridized carbons (Fsp3) is 0.167. The van der Waals surface area contributed by atoms with Gasteiger partial charge in [0.15, 0.2) is 24.7 Å². The van der Waals surface area contributed by atoms with Crippen molar-refractivity contribution in [2.24, 2.45) is 5.10 Å². The molecule has 2 aromatic carbocycles. The summed E-state index contributed by atoms with van der Waals surface area (Å²) in [6.45, 7) is -0.775. The van der Waals surface area contributed by atoms with Crippen molar-refractivity contribution < 1.29 is 28.9 Å². The number of carboxylic acid groups (broad SMARTS) is 1. The smallest absolute Gasteiger partial charge is 0.341 e. The number of amides is 1. The highest BCUT2D eigenvalue weighted by Gasteiger charge is 2.11. The molecular weight excluding hydrogens is 500 g/mol. The summed E-state index contributed by atoms with van der Waals surface area (Å²) in [4.78, 5) is 22.7. The van der Waals surface area contributed by atoms with Crippen LogP contribution < -0.4 is 19.6 Å². The molecule has 0 spiro atoms. The van der Waals surface area contributed by atoms with Crippen LogP contribution in [0.4, 0.5) is 0 Å². The molecule has 0 saturated heterocycles. The molecule has 0 heterocycles. The highest BCUT2D eigenvalue weighted by Crippen LogP contribution is 2.32. The number of carbonyl (C=O) groups excluding carboxylic acids is 1. The molecule has 0 saturated carbocycles. The van der Waals surface area contributed by atoms with Crippen LogP contribution in [0.2, 0.25) is 0 Å². The number of hydrogen-bond donors (Lipinski definition) is 2. The molecule has 8 nitrogen and oxygen atoms in total. The molecule has 0 aliphatic rings. The van der Waals surface area contributed by atoms with Crippen LogP contribution in [-0.4, -0.2) is 43.5 Å². The number of ether oxygens (including phenoxy) is 3. The minimum atomic E-state index is -1.11. The van der Waals surface area contributed by atoms with Crippen LogP contribution in [0.1, 0.15) is 5.56 Å². The van der Waals surface area contributed by atoms with Gasteiger partial charge in [-0.1, -0.05) is 28.1 Å². The first-order valence-corrected chi connectivity index (χ1v) is 9.40. The minimum Gasteiger partial charge on any atom is -0.493 e. The summed E-state index contributed by atoms with van der Waals surface area (Å²) >= 11 is 6.63. The molecule has 0 aliphatic heterocycles. The first-order valence-electron chi connectivity index (χ1n) is 7.82. The first-order chi connectivity index (χ1) is 13.4. The SMILES string of the molecule is COc1ccccc1OCC(=O)NN=Cc1cc(Br)cc(Br)c1OCC(=O)O. The van der Waals surface area contributed by atoms with Crippen LogP contribution in [0.25, 0.3) is 0 Å². The molecule has 1 amide bonds. The number of carboxylic acids is 1. The van der Waals surface area contributed by atoms with Crippen LogP contribution in [0.15, 0.2) is 50.4 Å². The molecule has 148 valence electrons. The number of methoxy groups -OCH3 is 1. The molecule has 2 N–H and O–H groups in total. The summed E-state index contributed by atoms with van der Waals surface area (Å²) in [5, 5.41) is 12.6. The number of para-hydroxylation sites is 2. The van der Waals surface area contributed by atoms with Gasteiger partial charge in [0.1, 0.15) is 5.75 Å². The van der Waals surface area contributed by atoms with Gasteiger partial charge in [0, 0.05) is 10.0 Å². The van der Waals surface area contributed by atoms with E-state index >= 15 is 0 Å². The molecular formula is C18H16Br2N2O6. The highest BCUT2D eigenvalue weighted by molar-refractivity contribution is 9.11. The van der Waals surface area contributed by atoms with E-state index in [-0.39, 0.29) is 12.4 Å². The summed E-state index contributed by atoms with van der Waals surface area (Å²) in [6, 6.07) is 10.3. The van der Waals surface area contributed by atoms with Gasteiger partial charge in [0.2, 0.25) is 0 Å². The zero-order chi connectivity index (χ0) is 20.5. The molecule has 0 aromatic heterocycles. The van der Waals surface area contributed by atoms with E-state index < -0.39 is 18.5 Å². The summed E-state index contributed by atoms with van der Waals surface area (Å²) in [5.74, 6) is -0.361. The second-order valence-corrected chi connectivity index (χ2v) is 6.99. The minimum absolute atomic E-state index is 0.262. The van der Waals surface area contributed by atoms with Crippen molar-refractivity contribution in [2.45, 2.75) is 0 Å². The lowest BCUT2D eigenvalue weighted by Gasteiger charge is -2.10. The quantitative estimate of drug-likeness (QED) is 0.392. The van der Waals surface area contributed by atoms with Crippen LogP contribution >= 0.6 is 31.9 Å². The Morgan fingerprint density at radius 1 is 1.14 bits per heavy atom. The van der Waals surface area contributed by atoms with Crippen molar-refractivity contribution in [3.63, 3.8) is 0 Å². The Morgan fingerprint density at radius 2 is 1.86 bits per heavy atom. The number of carbonyl (C=O) groups is 2. The van der Waals surface area contributed by atoms with E-state index in [2.05, 4.69) is 42.4 Å². The third kappa shape index (κ3) is 6.54. The van der Waals surface area contributed by atoms with Crippen LogP contribution in [0, 0.1) is 0 Å².